The van der Waals surface area contributed by atoms with Gasteiger partial charge in [-0.25, -0.2) is 5.53 Å². The zero-order valence-corrected chi connectivity index (χ0v) is 11.1. The van der Waals surface area contributed by atoms with Crippen LogP contribution in [-0.2, 0) is 9.53 Å². The molecule has 5 nitrogen and oxygen atoms in total. The van der Waals surface area contributed by atoms with Gasteiger partial charge >= 0.3 is 5.97 Å². The van der Waals surface area contributed by atoms with Crippen LogP contribution < -0.4 is 5.53 Å². The molecule has 0 radical (unpaired) electrons. The molecule has 18 heavy (non-hydrogen) atoms. The molecule has 1 N–H and O–H groups in total. The summed E-state index contributed by atoms with van der Waals surface area (Å²) < 4.78 is 4.88. The molecule has 0 aromatic carbocycles. The van der Waals surface area contributed by atoms with Crippen molar-refractivity contribution in [3.05, 3.63) is 23.9 Å². The largest absolute Gasteiger partial charge is 0.466 e. The molecular formula is C13H21N3O2. The Bertz CT molecular complexity index is 361. The molecule has 5 heteroatoms. The molecule has 1 aliphatic heterocycles. The minimum Gasteiger partial charge on any atom is -0.466 e. The number of hydrazine groups is 1. The van der Waals surface area contributed by atoms with Crippen LogP contribution >= 0.6 is 0 Å². The Morgan fingerprint density at radius 3 is 3.11 bits per heavy atom. The van der Waals surface area contributed by atoms with Gasteiger partial charge in [0.15, 0.2) is 0 Å². The van der Waals surface area contributed by atoms with Gasteiger partial charge in [0, 0.05) is 13.0 Å². The zero-order valence-electron chi connectivity index (χ0n) is 11.1. The number of carbonyl (C=O) groups excluding carboxylic acids is 1. The summed E-state index contributed by atoms with van der Waals surface area (Å²) >= 11 is 0. The van der Waals surface area contributed by atoms with Crippen LogP contribution in [0.4, 0.5) is 0 Å². The monoisotopic (exact) mass is 251 g/mol. The summed E-state index contributed by atoms with van der Waals surface area (Å²) in [5.41, 5.74) is 5.01. The predicted molar refractivity (Wildman–Crippen MR) is 71.7 cm³/mol. The molecule has 0 amide bonds. The maximum Gasteiger partial charge on any atom is 0.305 e. The van der Waals surface area contributed by atoms with Crippen molar-refractivity contribution in [2.24, 2.45) is 5.10 Å². The highest BCUT2D eigenvalue weighted by Crippen LogP contribution is 2.09. The van der Waals surface area contributed by atoms with Crippen LogP contribution in [0.3, 0.4) is 0 Å². The van der Waals surface area contributed by atoms with Gasteiger partial charge in [-0.3, -0.25) is 9.80 Å². The molecule has 1 rings (SSSR count). The third-order valence-electron chi connectivity index (χ3n) is 2.41. The normalized spacial score (nSPS) is 15.9. The standard InChI is InChI=1S/C13H21N3O2/c1-4-18-13(17)6-5-9-16-12(10-14-15-16)8-7-11(2)3/h8,10,15H,2,4-7,9H2,1,3H3. The zero-order chi connectivity index (χ0) is 13.4. The van der Waals surface area contributed by atoms with E-state index in [-0.39, 0.29) is 5.97 Å². The van der Waals surface area contributed by atoms with E-state index in [0.29, 0.717) is 13.0 Å². The molecule has 0 aliphatic carbocycles. The second-order valence-corrected chi connectivity index (χ2v) is 4.21. The summed E-state index contributed by atoms with van der Waals surface area (Å²) in [7, 11) is 0. The number of allylic oxidation sites excluding steroid dienone is 3. The molecule has 0 saturated heterocycles. The van der Waals surface area contributed by atoms with Crippen molar-refractivity contribution in [3.8, 4) is 0 Å². The van der Waals surface area contributed by atoms with Gasteiger partial charge < -0.3 is 4.74 Å². The van der Waals surface area contributed by atoms with E-state index in [1.165, 1.54) is 0 Å². The number of esters is 1. The molecule has 0 aromatic heterocycles. The molecule has 0 aromatic rings. The van der Waals surface area contributed by atoms with E-state index in [1.807, 2.05) is 18.9 Å². The number of hydrogen-bond donors (Lipinski definition) is 1. The molecule has 0 unspecified atom stereocenters. The number of hydrogen-bond acceptors (Lipinski definition) is 5. The second kappa shape index (κ2) is 7.53. The number of nitrogens with one attached hydrogen (secondary N) is 1. The van der Waals surface area contributed by atoms with Crippen molar-refractivity contribution in [1.29, 1.82) is 0 Å². The number of carbonyl (C=O) groups is 1. The summed E-state index contributed by atoms with van der Waals surface area (Å²) in [5.74, 6) is -0.148. The fraction of sp³-hybridized carbons (Fsp3) is 0.538. The van der Waals surface area contributed by atoms with Gasteiger partial charge in [0.1, 0.15) is 0 Å². The van der Waals surface area contributed by atoms with E-state index in [0.717, 1.165) is 30.7 Å². The first-order chi connectivity index (χ1) is 8.63. The first-order valence-electron chi connectivity index (χ1n) is 6.20. The van der Waals surface area contributed by atoms with Crippen molar-refractivity contribution in [3.63, 3.8) is 0 Å². The summed E-state index contributed by atoms with van der Waals surface area (Å²) in [6.45, 7) is 8.82. The molecule has 100 valence electrons. The molecule has 1 aliphatic rings. The second-order valence-electron chi connectivity index (χ2n) is 4.21. The van der Waals surface area contributed by atoms with Crippen LogP contribution in [0, 0.1) is 0 Å². The molecule has 1 heterocycles. The highest BCUT2D eigenvalue weighted by molar-refractivity contribution is 5.79. The number of hydrazone groups is 1. The van der Waals surface area contributed by atoms with Crippen LogP contribution in [0.25, 0.3) is 0 Å². The van der Waals surface area contributed by atoms with Gasteiger partial charge in [-0.05, 0) is 26.7 Å². The molecule has 0 fully saturated rings. The van der Waals surface area contributed by atoms with Gasteiger partial charge in [0.25, 0.3) is 0 Å². The Morgan fingerprint density at radius 1 is 1.67 bits per heavy atom. The fourth-order valence-electron chi connectivity index (χ4n) is 1.53. The molecule has 0 bridgehead atoms. The van der Waals surface area contributed by atoms with Gasteiger partial charge in [-0.2, -0.15) is 5.10 Å². The maximum atomic E-state index is 11.2. The van der Waals surface area contributed by atoms with Crippen molar-refractivity contribution >= 4 is 12.2 Å². The lowest BCUT2D eigenvalue weighted by Gasteiger charge is -2.18. The Morgan fingerprint density at radius 2 is 2.44 bits per heavy atom. The van der Waals surface area contributed by atoms with Crippen LogP contribution in [0.1, 0.15) is 33.1 Å². The lowest BCUT2D eigenvalue weighted by Crippen LogP contribution is -2.30. The van der Waals surface area contributed by atoms with Crippen molar-refractivity contribution < 1.29 is 9.53 Å². The Hall–Kier alpha value is -1.78. The third kappa shape index (κ3) is 5.03. The summed E-state index contributed by atoms with van der Waals surface area (Å²) in [6, 6.07) is 0. The predicted octanol–water partition coefficient (Wildman–Crippen LogP) is 1.99. The van der Waals surface area contributed by atoms with Crippen LogP contribution in [0.15, 0.2) is 29.0 Å². The van der Waals surface area contributed by atoms with Crippen LogP contribution in [0.2, 0.25) is 0 Å². The van der Waals surface area contributed by atoms with Gasteiger partial charge in [-0.15, -0.1) is 0 Å². The minimum absolute atomic E-state index is 0.148. The van der Waals surface area contributed by atoms with Crippen molar-refractivity contribution in [2.45, 2.75) is 33.1 Å². The van der Waals surface area contributed by atoms with Crippen LogP contribution in [-0.4, -0.2) is 30.3 Å². The lowest BCUT2D eigenvalue weighted by molar-refractivity contribution is -0.143. The first kappa shape index (κ1) is 14.3. The Kier molecular flexibility index (Phi) is 5.97. The quantitative estimate of drug-likeness (QED) is 0.555. The maximum absolute atomic E-state index is 11.2. The highest BCUT2D eigenvalue weighted by Gasteiger charge is 2.12. The third-order valence-corrected chi connectivity index (χ3v) is 2.41. The Labute approximate surface area is 108 Å². The smallest absolute Gasteiger partial charge is 0.305 e. The van der Waals surface area contributed by atoms with E-state index >= 15 is 0 Å². The minimum atomic E-state index is -0.148. The van der Waals surface area contributed by atoms with E-state index < -0.39 is 0 Å². The average Bonchev–Trinajstić information content (AvgIpc) is 2.74. The number of rotatable bonds is 7. The highest BCUT2D eigenvalue weighted by atomic mass is 16.5. The SMILES string of the molecule is C=C(C)CC=C1C=NNN1CCCC(=O)OCC. The van der Waals surface area contributed by atoms with E-state index in [4.69, 9.17) is 4.74 Å². The molecule has 0 saturated carbocycles. The van der Waals surface area contributed by atoms with Gasteiger partial charge in [-0.1, -0.05) is 18.2 Å². The topological polar surface area (TPSA) is 53.9 Å². The molecule has 0 spiro atoms. The van der Waals surface area contributed by atoms with Gasteiger partial charge in [0.05, 0.1) is 18.5 Å². The van der Waals surface area contributed by atoms with E-state index in [1.54, 1.807) is 6.21 Å². The van der Waals surface area contributed by atoms with Crippen LogP contribution in [0.5, 0.6) is 0 Å². The van der Waals surface area contributed by atoms with Crippen molar-refractivity contribution in [1.82, 2.24) is 10.5 Å². The first-order valence-corrected chi connectivity index (χ1v) is 6.20. The fourth-order valence-corrected chi connectivity index (χ4v) is 1.53. The number of nitrogens with zero attached hydrogens (tertiary/aromatic N) is 2. The van der Waals surface area contributed by atoms with Crippen molar-refractivity contribution in [2.75, 3.05) is 13.2 Å². The van der Waals surface area contributed by atoms with E-state index in [9.17, 15) is 4.79 Å². The summed E-state index contributed by atoms with van der Waals surface area (Å²) in [4.78, 5) is 11.2. The summed E-state index contributed by atoms with van der Waals surface area (Å²) in [5, 5.41) is 5.91. The molecular weight excluding hydrogens is 230 g/mol. The van der Waals surface area contributed by atoms with E-state index in [2.05, 4.69) is 23.3 Å². The summed E-state index contributed by atoms with van der Waals surface area (Å²) in [6.07, 6.45) is 5.83. The van der Waals surface area contributed by atoms with Gasteiger partial charge in [0.2, 0.25) is 0 Å². The lowest BCUT2D eigenvalue weighted by atomic mass is 10.2. The Balaban J connectivity index is 2.31. The average molecular weight is 251 g/mol. The number of ether oxygens (including phenoxy) is 1. The molecule has 0 atom stereocenters.